The fourth-order valence-corrected chi connectivity index (χ4v) is 1.50. The van der Waals surface area contributed by atoms with Gasteiger partial charge >= 0.3 is 6.18 Å². The number of benzene rings is 1. The summed E-state index contributed by atoms with van der Waals surface area (Å²) in [6.45, 7) is 0. The van der Waals surface area contributed by atoms with Crippen molar-refractivity contribution in [2.45, 2.75) is 6.18 Å². The predicted octanol–water partition coefficient (Wildman–Crippen LogP) is 2.04. The van der Waals surface area contributed by atoms with Gasteiger partial charge in [-0.3, -0.25) is 9.59 Å². The Morgan fingerprint density at radius 3 is 2.45 bits per heavy atom. The summed E-state index contributed by atoms with van der Waals surface area (Å²) < 4.78 is 38.2. The first-order chi connectivity index (χ1) is 9.38. The molecule has 0 radical (unpaired) electrons. The third-order valence-corrected chi connectivity index (χ3v) is 2.39. The van der Waals surface area contributed by atoms with Crippen LogP contribution in [0.2, 0.25) is 0 Å². The van der Waals surface area contributed by atoms with Crippen LogP contribution in [0.3, 0.4) is 0 Å². The molecule has 0 aliphatic rings. The summed E-state index contributed by atoms with van der Waals surface area (Å²) in [5.41, 5.74) is -2.05. The van der Waals surface area contributed by atoms with Crippen LogP contribution < -0.4 is 10.9 Å². The molecule has 104 valence electrons. The number of anilines is 1. The zero-order valence-corrected chi connectivity index (χ0v) is 9.86. The number of rotatable bonds is 2. The van der Waals surface area contributed by atoms with E-state index < -0.39 is 23.2 Å². The van der Waals surface area contributed by atoms with Crippen LogP contribution in [0.25, 0.3) is 0 Å². The molecule has 0 aliphatic heterocycles. The molecule has 8 heteroatoms. The topological polar surface area (TPSA) is 74.8 Å². The lowest BCUT2D eigenvalue weighted by Crippen LogP contribution is -2.19. The molecule has 2 aromatic rings. The fourth-order valence-electron chi connectivity index (χ4n) is 1.50. The average Bonchev–Trinajstić information content (AvgIpc) is 2.38. The van der Waals surface area contributed by atoms with Gasteiger partial charge in [-0.2, -0.15) is 18.3 Å². The van der Waals surface area contributed by atoms with E-state index in [0.29, 0.717) is 0 Å². The number of hydrogen-bond donors (Lipinski definition) is 2. The molecule has 1 aromatic heterocycles. The highest BCUT2D eigenvalue weighted by Gasteiger charge is 2.33. The van der Waals surface area contributed by atoms with E-state index in [-0.39, 0.29) is 11.4 Å². The van der Waals surface area contributed by atoms with Gasteiger partial charge in [-0.25, -0.2) is 5.10 Å². The third-order valence-electron chi connectivity index (χ3n) is 2.39. The van der Waals surface area contributed by atoms with Gasteiger partial charge in [0.15, 0.2) is 0 Å². The first-order valence-electron chi connectivity index (χ1n) is 5.41. The second-order valence-corrected chi connectivity index (χ2v) is 3.80. The van der Waals surface area contributed by atoms with Crippen molar-refractivity contribution in [1.29, 1.82) is 0 Å². The number of para-hydroxylation sites is 1. The largest absolute Gasteiger partial charge is 0.418 e. The van der Waals surface area contributed by atoms with Crippen molar-refractivity contribution in [2.24, 2.45) is 0 Å². The van der Waals surface area contributed by atoms with Gasteiger partial charge < -0.3 is 5.32 Å². The lowest BCUT2D eigenvalue weighted by Gasteiger charge is -2.13. The third kappa shape index (κ3) is 3.02. The van der Waals surface area contributed by atoms with Crippen molar-refractivity contribution in [1.82, 2.24) is 10.2 Å². The molecular formula is C12H8F3N3O2. The molecule has 0 unspecified atom stereocenters. The number of carbonyl (C=O) groups excluding carboxylic acids is 1. The van der Waals surface area contributed by atoms with Crippen molar-refractivity contribution >= 4 is 11.6 Å². The molecule has 0 fully saturated rings. The molecule has 2 N–H and O–H groups in total. The van der Waals surface area contributed by atoms with Gasteiger partial charge in [0.25, 0.3) is 11.5 Å². The van der Waals surface area contributed by atoms with Crippen molar-refractivity contribution in [2.75, 3.05) is 5.32 Å². The van der Waals surface area contributed by atoms with E-state index in [1.807, 2.05) is 5.10 Å². The maximum Gasteiger partial charge on any atom is 0.418 e. The number of H-pyrrole nitrogens is 1. The molecular weight excluding hydrogens is 275 g/mol. The number of nitrogens with zero attached hydrogens (tertiary/aromatic N) is 1. The second-order valence-electron chi connectivity index (χ2n) is 3.80. The van der Waals surface area contributed by atoms with Gasteiger partial charge in [-0.05, 0) is 18.2 Å². The van der Waals surface area contributed by atoms with Crippen LogP contribution in [0.4, 0.5) is 18.9 Å². The van der Waals surface area contributed by atoms with Crippen LogP contribution in [-0.2, 0) is 6.18 Å². The highest BCUT2D eigenvalue weighted by atomic mass is 19.4. The minimum atomic E-state index is -4.58. The van der Waals surface area contributed by atoms with E-state index in [2.05, 4.69) is 10.4 Å². The van der Waals surface area contributed by atoms with E-state index in [4.69, 9.17) is 0 Å². The summed E-state index contributed by atoms with van der Waals surface area (Å²) in [5, 5.41) is 7.57. The molecule has 2 rings (SSSR count). The van der Waals surface area contributed by atoms with Crippen molar-refractivity contribution in [3.05, 3.63) is 58.0 Å². The number of amides is 1. The zero-order chi connectivity index (χ0) is 14.8. The Bertz CT molecular complexity index is 674. The normalized spacial score (nSPS) is 11.2. The Morgan fingerprint density at radius 2 is 1.85 bits per heavy atom. The molecule has 1 aromatic carbocycles. The SMILES string of the molecule is O=C(Nc1ccccc1C(F)(F)F)c1ccc(=O)[nH]n1. The second kappa shape index (κ2) is 5.16. The average molecular weight is 283 g/mol. The molecule has 20 heavy (non-hydrogen) atoms. The van der Waals surface area contributed by atoms with Crippen LogP contribution in [0.5, 0.6) is 0 Å². The van der Waals surface area contributed by atoms with Crippen molar-refractivity contribution in [3.8, 4) is 0 Å². The Balaban J connectivity index is 2.29. The van der Waals surface area contributed by atoms with Crippen LogP contribution in [0, 0.1) is 0 Å². The van der Waals surface area contributed by atoms with Gasteiger partial charge in [0.2, 0.25) is 0 Å². The van der Waals surface area contributed by atoms with Crippen LogP contribution in [-0.4, -0.2) is 16.1 Å². The summed E-state index contributed by atoms with van der Waals surface area (Å²) in [5.74, 6) is -0.849. The fraction of sp³-hybridized carbons (Fsp3) is 0.0833. The molecule has 1 amide bonds. The summed E-state index contributed by atoms with van der Waals surface area (Å²) in [6, 6.07) is 6.74. The summed E-state index contributed by atoms with van der Waals surface area (Å²) in [7, 11) is 0. The summed E-state index contributed by atoms with van der Waals surface area (Å²) in [6.07, 6.45) is -4.58. The van der Waals surface area contributed by atoms with Crippen molar-refractivity contribution < 1.29 is 18.0 Å². The van der Waals surface area contributed by atoms with Crippen molar-refractivity contribution in [3.63, 3.8) is 0 Å². The van der Waals surface area contributed by atoms with Gasteiger partial charge in [-0.15, -0.1) is 0 Å². The highest BCUT2D eigenvalue weighted by molar-refractivity contribution is 6.03. The van der Waals surface area contributed by atoms with E-state index in [1.54, 1.807) is 0 Å². The van der Waals surface area contributed by atoms with E-state index >= 15 is 0 Å². The minimum absolute atomic E-state index is 0.193. The number of nitrogens with one attached hydrogen (secondary N) is 2. The number of hydrogen-bond acceptors (Lipinski definition) is 3. The van der Waals surface area contributed by atoms with Gasteiger partial charge in [-0.1, -0.05) is 12.1 Å². The first kappa shape index (κ1) is 13.8. The molecule has 1 heterocycles. The molecule has 0 saturated carbocycles. The monoisotopic (exact) mass is 283 g/mol. The molecule has 0 bridgehead atoms. The number of carbonyl (C=O) groups is 1. The number of aromatic nitrogens is 2. The lowest BCUT2D eigenvalue weighted by molar-refractivity contribution is -0.136. The Kier molecular flexibility index (Phi) is 3.55. The Labute approximate surface area is 110 Å². The van der Waals surface area contributed by atoms with Crippen LogP contribution >= 0.6 is 0 Å². The van der Waals surface area contributed by atoms with Gasteiger partial charge in [0.05, 0.1) is 11.3 Å². The smallest absolute Gasteiger partial charge is 0.320 e. The van der Waals surface area contributed by atoms with E-state index in [1.165, 1.54) is 12.1 Å². The maximum absolute atomic E-state index is 12.7. The highest BCUT2D eigenvalue weighted by Crippen LogP contribution is 2.34. The predicted molar refractivity (Wildman–Crippen MR) is 64.3 cm³/mol. The molecule has 0 spiro atoms. The van der Waals surface area contributed by atoms with Crippen LogP contribution in [0.1, 0.15) is 16.1 Å². The molecule has 0 aliphatic carbocycles. The van der Waals surface area contributed by atoms with Gasteiger partial charge in [0.1, 0.15) is 5.69 Å². The quantitative estimate of drug-likeness (QED) is 0.885. The van der Waals surface area contributed by atoms with E-state index in [0.717, 1.165) is 24.3 Å². The molecule has 0 atom stereocenters. The molecule has 0 saturated heterocycles. The zero-order valence-electron chi connectivity index (χ0n) is 9.86. The lowest BCUT2D eigenvalue weighted by atomic mass is 10.1. The number of alkyl halides is 3. The summed E-state index contributed by atoms with van der Waals surface area (Å²) in [4.78, 5) is 22.5. The first-order valence-corrected chi connectivity index (χ1v) is 5.41. The van der Waals surface area contributed by atoms with Crippen LogP contribution in [0.15, 0.2) is 41.2 Å². The maximum atomic E-state index is 12.7. The Morgan fingerprint density at radius 1 is 1.15 bits per heavy atom. The number of aromatic amines is 1. The van der Waals surface area contributed by atoms with Gasteiger partial charge in [0, 0.05) is 6.07 Å². The number of halogens is 3. The molecule has 5 nitrogen and oxygen atoms in total. The summed E-state index contributed by atoms with van der Waals surface area (Å²) >= 11 is 0. The van der Waals surface area contributed by atoms with E-state index in [9.17, 15) is 22.8 Å². The minimum Gasteiger partial charge on any atom is -0.320 e. The standard InChI is InChI=1S/C12H8F3N3O2/c13-12(14,15)7-3-1-2-4-8(7)16-11(20)9-5-6-10(19)18-17-9/h1-6H,(H,16,20)(H,18,19). The Hall–Kier alpha value is -2.64.